The first-order chi connectivity index (χ1) is 10.5. The van der Waals surface area contributed by atoms with E-state index in [0.29, 0.717) is 10.9 Å². The summed E-state index contributed by atoms with van der Waals surface area (Å²) in [6.07, 6.45) is 0.769. The van der Waals surface area contributed by atoms with E-state index in [1.165, 1.54) is 18.9 Å². The molecule has 0 fully saturated rings. The van der Waals surface area contributed by atoms with E-state index in [1.807, 2.05) is 31.2 Å². The summed E-state index contributed by atoms with van der Waals surface area (Å²) in [5.74, 6) is 0.129. The molecule has 118 valence electrons. The molecule has 0 bridgehead atoms. The number of ether oxygens (including phenoxy) is 2. The summed E-state index contributed by atoms with van der Waals surface area (Å²) in [7, 11) is 3.12. The quantitative estimate of drug-likeness (QED) is 0.755. The van der Waals surface area contributed by atoms with Gasteiger partial charge in [-0.15, -0.1) is 0 Å². The highest BCUT2D eigenvalue weighted by atomic mass is 35.5. The zero-order chi connectivity index (χ0) is 16.1. The predicted octanol–water partition coefficient (Wildman–Crippen LogP) is 3.34. The number of nitrogens with zero attached hydrogens (tertiary/aromatic N) is 2. The van der Waals surface area contributed by atoms with E-state index in [4.69, 9.17) is 16.3 Å². The Morgan fingerprint density at radius 3 is 2.64 bits per heavy atom. The van der Waals surface area contributed by atoms with Crippen LogP contribution in [0, 0.1) is 0 Å². The van der Waals surface area contributed by atoms with Gasteiger partial charge in [0.05, 0.1) is 17.7 Å². The van der Waals surface area contributed by atoms with E-state index >= 15 is 0 Å². The van der Waals surface area contributed by atoms with Gasteiger partial charge in [-0.2, -0.15) is 5.10 Å². The zero-order valence-electron chi connectivity index (χ0n) is 12.6. The van der Waals surface area contributed by atoms with Crippen molar-refractivity contribution in [3.63, 3.8) is 0 Å². The van der Waals surface area contributed by atoms with Gasteiger partial charge in [-0.3, -0.25) is 0 Å². The van der Waals surface area contributed by atoms with Crippen LogP contribution in [0.2, 0.25) is 5.02 Å². The third kappa shape index (κ3) is 3.96. The molecular formula is C15H17ClN2O3S. The number of rotatable bonds is 6. The first-order valence-electron chi connectivity index (χ1n) is 6.74. The average molecular weight is 341 g/mol. The molecule has 1 heterocycles. The maximum absolute atomic E-state index is 11.3. The lowest BCUT2D eigenvalue weighted by Crippen LogP contribution is -2.14. The molecule has 0 atom stereocenters. The van der Waals surface area contributed by atoms with Gasteiger partial charge in [-0.1, -0.05) is 30.3 Å². The largest absolute Gasteiger partial charge is 0.466 e. The van der Waals surface area contributed by atoms with Crippen molar-refractivity contribution >= 4 is 29.3 Å². The highest BCUT2D eigenvalue weighted by Crippen LogP contribution is 2.38. The van der Waals surface area contributed by atoms with Crippen LogP contribution in [0.15, 0.2) is 34.1 Å². The van der Waals surface area contributed by atoms with Crippen molar-refractivity contribution in [2.45, 2.75) is 23.1 Å². The smallest absolute Gasteiger partial charge is 0.343 e. The van der Waals surface area contributed by atoms with Gasteiger partial charge in [0.1, 0.15) is 0 Å². The molecule has 0 N–H and O–H groups in total. The standard InChI is InChI=1S/C15H17ClN2O3S/c1-4-12-14(22-11-7-5-10(16)6-8-11)15(18(2)17-12)21-9-13(19)20-3/h5-8H,4,9H2,1-3H3. The van der Waals surface area contributed by atoms with Gasteiger partial charge < -0.3 is 9.47 Å². The Kier molecular flexibility index (Phi) is 5.74. The first-order valence-corrected chi connectivity index (χ1v) is 7.93. The summed E-state index contributed by atoms with van der Waals surface area (Å²) >= 11 is 7.44. The lowest BCUT2D eigenvalue weighted by atomic mass is 10.3. The van der Waals surface area contributed by atoms with Crippen molar-refractivity contribution in [3.05, 3.63) is 35.0 Å². The van der Waals surface area contributed by atoms with Crippen LogP contribution in [0.3, 0.4) is 0 Å². The van der Waals surface area contributed by atoms with Crippen LogP contribution in [0.5, 0.6) is 5.88 Å². The maximum atomic E-state index is 11.3. The minimum Gasteiger partial charge on any atom is -0.466 e. The third-order valence-electron chi connectivity index (χ3n) is 2.94. The number of halogens is 1. The van der Waals surface area contributed by atoms with Crippen molar-refractivity contribution in [3.8, 4) is 5.88 Å². The Labute approximate surface area is 138 Å². The zero-order valence-corrected chi connectivity index (χ0v) is 14.2. The maximum Gasteiger partial charge on any atom is 0.343 e. The van der Waals surface area contributed by atoms with Crippen LogP contribution in [0.25, 0.3) is 0 Å². The summed E-state index contributed by atoms with van der Waals surface area (Å²) in [4.78, 5) is 13.2. The molecule has 0 saturated carbocycles. The molecule has 2 rings (SSSR count). The monoisotopic (exact) mass is 340 g/mol. The Morgan fingerprint density at radius 1 is 1.36 bits per heavy atom. The molecule has 0 radical (unpaired) electrons. The van der Waals surface area contributed by atoms with Crippen LogP contribution in [-0.2, 0) is 23.0 Å². The van der Waals surface area contributed by atoms with Gasteiger partial charge in [0.15, 0.2) is 6.61 Å². The molecule has 22 heavy (non-hydrogen) atoms. The lowest BCUT2D eigenvalue weighted by Gasteiger charge is -2.08. The van der Waals surface area contributed by atoms with Crippen LogP contribution in [0.4, 0.5) is 0 Å². The molecule has 0 aliphatic rings. The molecule has 0 spiro atoms. The summed E-state index contributed by atoms with van der Waals surface area (Å²) in [5.41, 5.74) is 0.919. The van der Waals surface area contributed by atoms with Gasteiger partial charge in [0, 0.05) is 17.0 Å². The number of benzene rings is 1. The van der Waals surface area contributed by atoms with Crippen LogP contribution in [-0.4, -0.2) is 29.5 Å². The molecule has 0 saturated heterocycles. The van der Waals surface area contributed by atoms with Crippen molar-refractivity contribution in [1.29, 1.82) is 0 Å². The van der Waals surface area contributed by atoms with E-state index in [0.717, 1.165) is 21.9 Å². The average Bonchev–Trinajstić information content (AvgIpc) is 2.82. The Balaban J connectivity index is 2.27. The van der Waals surface area contributed by atoms with E-state index in [2.05, 4.69) is 9.84 Å². The van der Waals surface area contributed by atoms with E-state index < -0.39 is 5.97 Å². The SMILES string of the molecule is CCc1nn(C)c(OCC(=O)OC)c1Sc1ccc(Cl)cc1. The molecule has 7 heteroatoms. The summed E-state index contributed by atoms with van der Waals surface area (Å²) in [5, 5.41) is 5.13. The highest BCUT2D eigenvalue weighted by molar-refractivity contribution is 7.99. The summed E-state index contributed by atoms with van der Waals surface area (Å²) in [6.45, 7) is 1.88. The fourth-order valence-electron chi connectivity index (χ4n) is 1.84. The van der Waals surface area contributed by atoms with Crippen LogP contribution in [0.1, 0.15) is 12.6 Å². The molecule has 0 unspecified atom stereocenters. The fourth-order valence-corrected chi connectivity index (χ4v) is 3.06. The molecule has 5 nitrogen and oxygen atoms in total. The topological polar surface area (TPSA) is 53.4 Å². The predicted molar refractivity (Wildman–Crippen MR) is 85.7 cm³/mol. The molecule has 2 aromatic rings. The number of aromatic nitrogens is 2. The third-order valence-corrected chi connectivity index (χ3v) is 4.32. The molecule has 0 aliphatic heterocycles. The molecule has 1 aromatic heterocycles. The number of esters is 1. The normalized spacial score (nSPS) is 10.5. The number of aryl methyl sites for hydroxylation is 2. The first kappa shape index (κ1) is 16.7. The van der Waals surface area contributed by atoms with E-state index in [-0.39, 0.29) is 6.61 Å². The fraction of sp³-hybridized carbons (Fsp3) is 0.333. The van der Waals surface area contributed by atoms with Gasteiger partial charge in [-0.25, -0.2) is 9.48 Å². The summed E-state index contributed by atoms with van der Waals surface area (Å²) in [6, 6.07) is 7.54. The van der Waals surface area contributed by atoms with E-state index in [1.54, 1.807) is 11.7 Å². The number of methoxy groups -OCH3 is 1. The second kappa shape index (κ2) is 7.56. The molecular weight excluding hydrogens is 324 g/mol. The van der Waals surface area contributed by atoms with Crippen molar-refractivity contribution < 1.29 is 14.3 Å². The Hall–Kier alpha value is -1.66. The molecule has 0 aliphatic carbocycles. The second-order valence-corrected chi connectivity index (χ2v) is 6.00. The van der Waals surface area contributed by atoms with Gasteiger partial charge in [-0.05, 0) is 30.7 Å². The van der Waals surface area contributed by atoms with Crippen molar-refractivity contribution in [1.82, 2.24) is 9.78 Å². The second-order valence-electron chi connectivity index (χ2n) is 4.48. The minimum atomic E-state index is -0.429. The number of carbonyl (C=O) groups excluding carboxylic acids is 1. The Morgan fingerprint density at radius 2 is 2.05 bits per heavy atom. The van der Waals surface area contributed by atoms with Crippen LogP contribution < -0.4 is 4.74 Å². The minimum absolute atomic E-state index is 0.145. The van der Waals surface area contributed by atoms with Crippen LogP contribution >= 0.6 is 23.4 Å². The summed E-state index contributed by atoms with van der Waals surface area (Å²) < 4.78 is 11.8. The Bertz CT molecular complexity index is 656. The van der Waals surface area contributed by atoms with E-state index in [9.17, 15) is 4.79 Å². The molecule has 1 aromatic carbocycles. The van der Waals surface area contributed by atoms with Crippen molar-refractivity contribution in [2.75, 3.05) is 13.7 Å². The molecule has 0 amide bonds. The van der Waals surface area contributed by atoms with Gasteiger partial charge in [0.2, 0.25) is 5.88 Å². The lowest BCUT2D eigenvalue weighted by molar-refractivity contribution is -0.143. The van der Waals surface area contributed by atoms with Crippen molar-refractivity contribution in [2.24, 2.45) is 7.05 Å². The number of carbonyl (C=O) groups is 1. The number of hydrogen-bond acceptors (Lipinski definition) is 5. The number of hydrogen-bond donors (Lipinski definition) is 0. The highest BCUT2D eigenvalue weighted by Gasteiger charge is 2.19. The van der Waals surface area contributed by atoms with Gasteiger partial charge >= 0.3 is 5.97 Å². The van der Waals surface area contributed by atoms with Gasteiger partial charge in [0.25, 0.3) is 0 Å².